The van der Waals surface area contributed by atoms with Gasteiger partial charge in [0, 0.05) is 20.2 Å². The zero-order valence-electron chi connectivity index (χ0n) is 21.3. The number of phenols is 1. The molecule has 2 N–H and O–H groups in total. The first-order valence-electron chi connectivity index (χ1n) is 11.9. The summed E-state index contributed by atoms with van der Waals surface area (Å²) in [7, 11) is -3.70. The number of benzene rings is 1. The average molecular weight is 643 g/mol. The lowest BCUT2D eigenvalue weighted by Crippen LogP contribution is -2.00. The summed E-state index contributed by atoms with van der Waals surface area (Å²) in [5.41, 5.74) is 4.06. The highest BCUT2D eigenvalue weighted by Gasteiger charge is 2.42. The van der Waals surface area contributed by atoms with Crippen LogP contribution in [-0.4, -0.2) is 30.9 Å². The van der Waals surface area contributed by atoms with Gasteiger partial charge in [0.25, 0.3) is 0 Å². The van der Waals surface area contributed by atoms with Crippen molar-refractivity contribution in [2.24, 2.45) is 0 Å². The zero-order valence-corrected chi connectivity index (χ0v) is 26.2. The number of aldehydes is 1. The molecule has 0 radical (unpaired) electrons. The fourth-order valence-electron chi connectivity index (χ4n) is 5.36. The molecule has 0 amide bonds. The monoisotopic (exact) mass is 642 g/mol. The van der Waals surface area contributed by atoms with E-state index < -0.39 is 15.8 Å². The number of carboxylic acids is 1. The highest BCUT2D eigenvalue weighted by atomic mass is 32.2. The number of thiophene rings is 5. The SMILES string of the molecule is Cc1c(C=O)sc2c1S(=O)(=O)c1c-2sc(-c2sc3c(sc4c(C)c(-c5ccc(C(=O)O)cc5O)sc43)c2C)c1C. The summed E-state index contributed by atoms with van der Waals surface area (Å²) in [5, 5.41) is 19.9. The van der Waals surface area contributed by atoms with Crippen LogP contribution in [0.3, 0.4) is 0 Å². The van der Waals surface area contributed by atoms with Crippen LogP contribution in [0.25, 0.3) is 48.7 Å². The third-order valence-electron chi connectivity index (χ3n) is 7.36. The van der Waals surface area contributed by atoms with Gasteiger partial charge in [-0.2, -0.15) is 0 Å². The molecule has 1 aromatic carbocycles. The second-order valence-electron chi connectivity index (χ2n) is 9.65. The predicted octanol–water partition coefficient (Wildman–Crippen LogP) is 8.90. The molecule has 6 aromatic rings. The average Bonchev–Trinajstić information content (AvgIpc) is 3.69. The molecule has 202 valence electrons. The molecule has 0 atom stereocenters. The van der Waals surface area contributed by atoms with Crippen LogP contribution in [0.5, 0.6) is 5.75 Å². The molecule has 7 rings (SSSR count). The molecule has 5 aromatic heterocycles. The molecule has 0 saturated heterocycles. The fraction of sp³-hybridized carbons (Fsp3) is 0.143. The van der Waals surface area contributed by atoms with Gasteiger partial charge >= 0.3 is 5.97 Å². The molecule has 0 saturated carbocycles. The molecular weight excluding hydrogens is 625 g/mol. The van der Waals surface area contributed by atoms with E-state index in [1.54, 1.807) is 47.0 Å². The highest BCUT2D eigenvalue weighted by Crippen LogP contribution is 2.59. The second kappa shape index (κ2) is 8.57. The first kappa shape index (κ1) is 26.1. The van der Waals surface area contributed by atoms with Crippen molar-refractivity contribution in [2.45, 2.75) is 37.5 Å². The minimum atomic E-state index is -3.70. The van der Waals surface area contributed by atoms with Crippen molar-refractivity contribution in [3.63, 3.8) is 0 Å². The van der Waals surface area contributed by atoms with Crippen LogP contribution in [0, 0.1) is 27.7 Å². The van der Waals surface area contributed by atoms with Crippen LogP contribution >= 0.6 is 56.7 Å². The maximum atomic E-state index is 13.6. The van der Waals surface area contributed by atoms with E-state index in [0.717, 1.165) is 61.3 Å². The van der Waals surface area contributed by atoms with Crippen LogP contribution in [0.4, 0.5) is 0 Å². The Kier molecular flexibility index (Phi) is 5.58. The van der Waals surface area contributed by atoms with Gasteiger partial charge in [-0.1, -0.05) is 0 Å². The van der Waals surface area contributed by atoms with Crippen molar-refractivity contribution < 1.29 is 28.2 Å². The van der Waals surface area contributed by atoms with E-state index in [1.165, 1.54) is 34.8 Å². The van der Waals surface area contributed by atoms with Crippen LogP contribution < -0.4 is 0 Å². The Morgan fingerprint density at radius 3 is 1.93 bits per heavy atom. The number of rotatable bonds is 4. The van der Waals surface area contributed by atoms with Crippen LogP contribution in [-0.2, 0) is 9.84 Å². The number of carboxylic acid groups (broad SMARTS) is 1. The lowest BCUT2D eigenvalue weighted by Gasteiger charge is -2.05. The van der Waals surface area contributed by atoms with Gasteiger partial charge in [0.15, 0.2) is 6.29 Å². The van der Waals surface area contributed by atoms with E-state index in [0.29, 0.717) is 25.8 Å². The van der Waals surface area contributed by atoms with Gasteiger partial charge in [0.05, 0.1) is 48.8 Å². The minimum absolute atomic E-state index is 0.0330. The van der Waals surface area contributed by atoms with Gasteiger partial charge < -0.3 is 10.2 Å². The summed E-state index contributed by atoms with van der Waals surface area (Å²) in [5.74, 6) is -1.16. The number of aromatic carboxylic acids is 1. The molecule has 12 heteroatoms. The number of hydrogen-bond donors (Lipinski definition) is 2. The number of sulfone groups is 1. The standard InChI is InChI=1S/C28H18O6S6/c1-9-16(8-29)35-24-25-27(40(33,34)26(9)24)12(4)21(39-25)18-11(3)20-23(38-18)22-19(37-20)10(2)17(36-22)14-6-5-13(28(31)32)7-15(14)30/h5-8,30H,1-4H3,(H,31,32). The summed E-state index contributed by atoms with van der Waals surface area (Å²) in [4.78, 5) is 28.2. The van der Waals surface area contributed by atoms with Gasteiger partial charge in [0.2, 0.25) is 9.84 Å². The minimum Gasteiger partial charge on any atom is -0.507 e. The molecule has 6 nitrogen and oxygen atoms in total. The number of aromatic hydroxyl groups is 1. The molecular formula is C28H18O6S6. The van der Waals surface area contributed by atoms with E-state index in [2.05, 4.69) is 6.92 Å². The topological polar surface area (TPSA) is 109 Å². The van der Waals surface area contributed by atoms with Crippen molar-refractivity contribution in [3.05, 3.63) is 50.9 Å². The third-order valence-corrected chi connectivity index (χ3v) is 17.0. The molecule has 0 bridgehead atoms. The van der Waals surface area contributed by atoms with Crippen LogP contribution in [0.1, 0.15) is 42.3 Å². The van der Waals surface area contributed by atoms with E-state index in [1.807, 2.05) is 13.8 Å². The van der Waals surface area contributed by atoms with Crippen molar-refractivity contribution in [1.82, 2.24) is 0 Å². The van der Waals surface area contributed by atoms with Gasteiger partial charge in [0.1, 0.15) is 5.75 Å². The largest absolute Gasteiger partial charge is 0.507 e. The first-order valence-corrected chi connectivity index (χ1v) is 17.5. The van der Waals surface area contributed by atoms with Gasteiger partial charge in [-0.25, -0.2) is 13.2 Å². The molecule has 0 fully saturated rings. The summed E-state index contributed by atoms with van der Waals surface area (Å²) in [6.45, 7) is 7.66. The maximum absolute atomic E-state index is 13.6. The van der Waals surface area contributed by atoms with Crippen LogP contribution in [0.15, 0.2) is 28.0 Å². The second-order valence-corrected chi connectivity index (χ2v) is 16.6. The van der Waals surface area contributed by atoms with Crippen molar-refractivity contribution >= 4 is 97.6 Å². The Balaban J connectivity index is 1.40. The summed E-state index contributed by atoms with van der Waals surface area (Å²) in [6.07, 6.45) is 0.731. The van der Waals surface area contributed by atoms with E-state index in [4.69, 9.17) is 0 Å². The smallest absolute Gasteiger partial charge is 0.335 e. The Morgan fingerprint density at radius 2 is 1.30 bits per heavy atom. The van der Waals surface area contributed by atoms with E-state index >= 15 is 0 Å². The quantitative estimate of drug-likeness (QED) is 0.186. The van der Waals surface area contributed by atoms with E-state index in [-0.39, 0.29) is 16.2 Å². The summed E-state index contributed by atoms with van der Waals surface area (Å²) in [6, 6.07) is 4.43. The Bertz CT molecular complexity index is 2230. The maximum Gasteiger partial charge on any atom is 0.335 e. The molecule has 1 aliphatic heterocycles. The predicted molar refractivity (Wildman–Crippen MR) is 166 cm³/mol. The lowest BCUT2D eigenvalue weighted by molar-refractivity contribution is 0.0696. The summed E-state index contributed by atoms with van der Waals surface area (Å²) >= 11 is 7.64. The molecule has 0 unspecified atom stereocenters. The lowest BCUT2D eigenvalue weighted by atomic mass is 10.1. The van der Waals surface area contributed by atoms with Crippen molar-refractivity contribution in [2.75, 3.05) is 0 Å². The number of carbonyl (C=O) groups is 2. The third kappa shape index (κ3) is 3.25. The molecule has 6 heterocycles. The zero-order chi connectivity index (χ0) is 28.4. The highest BCUT2D eigenvalue weighted by molar-refractivity contribution is 7.92. The normalized spacial score (nSPS) is 13.8. The van der Waals surface area contributed by atoms with Crippen molar-refractivity contribution in [3.8, 4) is 35.7 Å². The fourth-order valence-corrected chi connectivity index (χ4v) is 15.5. The molecule has 0 spiro atoms. The van der Waals surface area contributed by atoms with Crippen LogP contribution in [0.2, 0.25) is 0 Å². The molecule has 40 heavy (non-hydrogen) atoms. The number of phenolic OH excluding ortho intramolecular Hbond substituents is 1. The van der Waals surface area contributed by atoms with E-state index in [9.17, 15) is 28.2 Å². The number of fused-ring (bicyclic) bond motifs is 6. The number of carbonyl (C=O) groups excluding carboxylic acids is 1. The Morgan fingerprint density at radius 1 is 0.725 bits per heavy atom. The Hall–Kier alpha value is -2.87. The molecule has 0 aliphatic carbocycles. The van der Waals surface area contributed by atoms with Crippen molar-refractivity contribution in [1.29, 1.82) is 0 Å². The van der Waals surface area contributed by atoms with Gasteiger partial charge in [-0.3, -0.25) is 4.79 Å². The number of aryl methyl sites for hydroxylation is 2. The van der Waals surface area contributed by atoms with Gasteiger partial charge in [-0.15, -0.1) is 56.7 Å². The first-order chi connectivity index (χ1) is 18.9. The number of hydrogen-bond acceptors (Lipinski definition) is 10. The summed E-state index contributed by atoms with van der Waals surface area (Å²) < 4.78 is 31.7. The Labute approximate surface area is 248 Å². The molecule has 1 aliphatic rings. The van der Waals surface area contributed by atoms with Gasteiger partial charge in [-0.05, 0) is 68.1 Å².